The number of nitrogens with zero attached hydrogens (tertiary/aromatic N) is 4. The zero-order chi connectivity index (χ0) is 19.1. The summed E-state index contributed by atoms with van der Waals surface area (Å²) in [6, 6.07) is 10.6. The predicted molar refractivity (Wildman–Crippen MR) is 109 cm³/mol. The maximum absolute atomic E-state index is 12.3. The van der Waals surface area contributed by atoms with Gasteiger partial charge in [0.15, 0.2) is 5.16 Å². The van der Waals surface area contributed by atoms with E-state index >= 15 is 0 Å². The lowest BCUT2D eigenvalue weighted by molar-refractivity contribution is -0.119. The first-order chi connectivity index (χ1) is 13.2. The highest BCUT2D eigenvalue weighted by atomic mass is 32.2. The van der Waals surface area contributed by atoms with Gasteiger partial charge in [-0.1, -0.05) is 49.0 Å². The third-order valence-electron chi connectivity index (χ3n) is 5.05. The molecule has 1 saturated heterocycles. The third kappa shape index (κ3) is 5.56. The highest BCUT2D eigenvalue weighted by Gasteiger charge is 2.20. The van der Waals surface area contributed by atoms with Gasteiger partial charge in [-0.3, -0.25) is 4.79 Å². The minimum Gasteiger partial charge on any atom is -0.353 e. The van der Waals surface area contributed by atoms with Crippen LogP contribution in [0.4, 0.5) is 0 Å². The van der Waals surface area contributed by atoms with Crippen LogP contribution in [0.3, 0.4) is 0 Å². The van der Waals surface area contributed by atoms with Crippen molar-refractivity contribution in [2.45, 2.75) is 50.9 Å². The average Bonchev–Trinajstić information content (AvgIpc) is 3.09. The van der Waals surface area contributed by atoms with Gasteiger partial charge in [-0.15, -0.1) is 10.2 Å². The van der Waals surface area contributed by atoms with Crippen molar-refractivity contribution in [3.05, 3.63) is 41.7 Å². The largest absolute Gasteiger partial charge is 0.353 e. The van der Waals surface area contributed by atoms with Crippen molar-refractivity contribution in [1.82, 2.24) is 25.0 Å². The molecule has 1 aromatic heterocycles. The Morgan fingerprint density at radius 1 is 1.15 bits per heavy atom. The lowest BCUT2D eigenvalue weighted by Gasteiger charge is -2.31. The molecule has 7 heteroatoms. The first-order valence-electron chi connectivity index (χ1n) is 9.80. The third-order valence-corrected chi connectivity index (χ3v) is 6.01. The summed E-state index contributed by atoms with van der Waals surface area (Å²) in [7, 11) is 0. The molecule has 6 nitrogen and oxygen atoms in total. The molecule has 1 aromatic carbocycles. The maximum Gasteiger partial charge on any atom is 0.230 e. The number of carbonyl (C=O) groups excluding carboxylic acids is 1. The maximum atomic E-state index is 12.3. The van der Waals surface area contributed by atoms with E-state index in [9.17, 15) is 4.79 Å². The van der Waals surface area contributed by atoms with Crippen LogP contribution in [0.1, 0.15) is 38.1 Å². The molecule has 146 valence electrons. The highest BCUT2D eigenvalue weighted by Crippen LogP contribution is 2.19. The summed E-state index contributed by atoms with van der Waals surface area (Å²) < 4.78 is 2.10. The Morgan fingerprint density at radius 2 is 1.89 bits per heavy atom. The van der Waals surface area contributed by atoms with E-state index in [2.05, 4.69) is 51.0 Å². The van der Waals surface area contributed by atoms with Gasteiger partial charge in [0.2, 0.25) is 5.91 Å². The Kier molecular flexibility index (Phi) is 7.29. The minimum atomic E-state index is 0.0882. The van der Waals surface area contributed by atoms with Gasteiger partial charge in [-0.05, 0) is 31.9 Å². The lowest BCUT2D eigenvalue weighted by Crippen LogP contribution is -2.45. The Bertz CT molecular complexity index is 725. The van der Waals surface area contributed by atoms with Gasteiger partial charge in [-0.25, -0.2) is 0 Å². The molecular weight excluding hydrogens is 358 g/mol. The molecule has 3 rings (SSSR count). The standard InChI is InChI=1S/C20H29N5OS/c1-3-24-12-10-17(11-13-24)21-19(26)15-27-20-23-22-18(25(20)4-2)14-16-8-6-5-7-9-16/h5-9,17H,3-4,10-15H2,1-2H3,(H,21,26). The van der Waals surface area contributed by atoms with E-state index in [4.69, 9.17) is 0 Å². The average molecular weight is 388 g/mol. The van der Waals surface area contributed by atoms with Crippen molar-refractivity contribution in [2.75, 3.05) is 25.4 Å². The van der Waals surface area contributed by atoms with Gasteiger partial charge in [0.25, 0.3) is 0 Å². The Hall–Kier alpha value is -1.86. The first-order valence-corrected chi connectivity index (χ1v) is 10.8. The van der Waals surface area contributed by atoms with Gasteiger partial charge in [0.05, 0.1) is 5.75 Å². The monoisotopic (exact) mass is 387 g/mol. The van der Waals surface area contributed by atoms with Crippen LogP contribution in [0.25, 0.3) is 0 Å². The zero-order valence-electron chi connectivity index (χ0n) is 16.2. The Morgan fingerprint density at radius 3 is 2.56 bits per heavy atom. The number of aromatic nitrogens is 3. The summed E-state index contributed by atoms with van der Waals surface area (Å²) >= 11 is 1.47. The number of amides is 1. The van der Waals surface area contributed by atoms with Crippen LogP contribution in [0, 0.1) is 0 Å². The molecule has 0 unspecified atom stereocenters. The minimum absolute atomic E-state index is 0.0882. The lowest BCUT2D eigenvalue weighted by atomic mass is 10.1. The van der Waals surface area contributed by atoms with Crippen LogP contribution in [0.2, 0.25) is 0 Å². The number of nitrogens with one attached hydrogen (secondary N) is 1. The molecule has 27 heavy (non-hydrogen) atoms. The van der Waals surface area contributed by atoms with Gasteiger partial charge >= 0.3 is 0 Å². The summed E-state index contributed by atoms with van der Waals surface area (Å²) in [5.74, 6) is 1.42. The number of likely N-dealkylation sites (tertiary alicyclic amines) is 1. The number of carbonyl (C=O) groups is 1. The van der Waals surface area contributed by atoms with E-state index in [-0.39, 0.29) is 5.91 Å². The Balaban J connectivity index is 1.51. The van der Waals surface area contributed by atoms with Crippen molar-refractivity contribution >= 4 is 17.7 Å². The molecule has 1 fully saturated rings. The molecule has 0 radical (unpaired) electrons. The molecular formula is C20H29N5OS. The number of piperidine rings is 1. The second kappa shape index (κ2) is 9.90. The van der Waals surface area contributed by atoms with Crippen LogP contribution in [0.5, 0.6) is 0 Å². The van der Waals surface area contributed by atoms with Gasteiger partial charge in [-0.2, -0.15) is 0 Å². The molecule has 0 spiro atoms. The van der Waals surface area contributed by atoms with Crippen LogP contribution >= 0.6 is 11.8 Å². The van der Waals surface area contributed by atoms with E-state index in [1.54, 1.807) is 0 Å². The molecule has 1 aliphatic rings. The second-order valence-electron chi connectivity index (χ2n) is 6.87. The summed E-state index contributed by atoms with van der Waals surface area (Å²) in [4.78, 5) is 14.8. The molecule has 2 aromatic rings. The van der Waals surface area contributed by atoms with Crippen molar-refractivity contribution in [3.63, 3.8) is 0 Å². The van der Waals surface area contributed by atoms with Gasteiger partial charge < -0.3 is 14.8 Å². The van der Waals surface area contributed by atoms with Gasteiger partial charge in [0, 0.05) is 32.1 Å². The molecule has 0 atom stereocenters. The number of hydrogen-bond donors (Lipinski definition) is 1. The molecule has 1 amide bonds. The molecule has 2 heterocycles. The number of benzene rings is 1. The van der Waals surface area contributed by atoms with E-state index in [0.29, 0.717) is 11.8 Å². The van der Waals surface area contributed by atoms with Crippen molar-refractivity contribution in [1.29, 1.82) is 0 Å². The van der Waals surface area contributed by atoms with Crippen LogP contribution in [-0.4, -0.2) is 57.0 Å². The van der Waals surface area contributed by atoms with E-state index in [1.807, 2.05) is 18.2 Å². The SMILES string of the molecule is CCN1CCC(NC(=O)CSc2nnc(Cc3ccccc3)n2CC)CC1. The Labute approximate surface area is 165 Å². The fourth-order valence-corrected chi connectivity index (χ4v) is 4.28. The summed E-state index contributed by atoms with van der Waals surface area (Å²) in [6.45, 7) is 8.31. The van der Waals surface area contributed by atoms with E-state index in [0.717, 1.165) is 56.4 Å². The van der Waals surface area contributed by atoms with E-state index in [1.165, 1.54) is 17.3 Å². The number of hydrogen-bond acceptors (Lipinski definition) is 5. The summed E-state index contributed by atoms with van der Waals surface area (Å²) in [5, 5.41) is 12.7. The van der Waals surface area contributed by atoms with Crippen LogP contribution < -0.4 is 5.32 Å². The quantitative estimate of drug-likeness (QED) is 0.706. The summed E-state index contributed by atoms with van der Waals surface area (Å²) in [6.07, 6.45) is 2.83. The summed E-state index contributed by atoms with van der Waals surface area (Å²) in [5.41, 5.74) is 1.22. The zero-order valence-corrected chi connectivity index (χ0v) is 17.0. The van der Waals surface area contributed by atoms with Crippen LogP contribution in [0.15, 0.2) is 35.5 Å². The van der Waals surface area contributed by atoms with E-state index < -0.39 is 0 Å². The first kappa shape index (κ1) is 19.9. The normalized spacial score (nSPS) is 15.8. The molecule has 0 bridgehead atoms. The predicted octanol–water partition coefficient (Wildman–Crippen LogP) is 2.58. The molecule has 1 N–H and O–H groups in total. The van der Waals surface area contributed by atoms with Crippen molar-refractivity contribution in [2.24, 2.45) is 0 Å². The van der Waals surface area contributed by atoms with Crippen molar-refractivity contribution in [3.8, 4) is 0 Å². The molecule has 1 aliphatic heterocycles. The highest BCUT2D eigenvalue weighted by molar-refractivity contribution is 7.99. The number of rotatable bonds is 8. The van der Waals surface area contributed by atoms with Crippen molar-refractivity contribution < 1.29 is 4.79 Å². The molecule has 0 saturated carbocycles. The number of thioether (sulfide) groups is 1. The smallest absolute Gasteiger partial charge is 0.230 e. The molecule has 0 aliphatic carbocycles. The fourth-order valence-electron chi connectivity index (χ4n) is 3.45. The fraction of sp³-hybridized carbons (Fsp3) is 0.550. The van der Waals surface area contributed by atoms with Gasteiger partial charge in [0.1, 0.15) is 5.82 Å². The second-order valence-corrected chi connectivity index (χ2v) is 7.81. The topological polar surface area (TPSA) is 63.1 Å². The van der Waals surface area contributed by atoms with Crippen LogP contribution in [-0.2, 0) is 17.8 Å².